The Kier molecular flexibility index (Phi) is 9.16. The standard InChI is InChI=1S/C24H20Cl3N3O4/c1-33-22-10-16(4-9-21(22)34-14-15-2-6-18(25)7-3-15)12-29-30-23(31)13-28-24(32)17-5-8-19(26)20(27)11-17/h2-12H,13-14H2,1H3,(H,28,32)(H,30,31). The van der Waals surface area contributed by atoms with Crippen molar-refractivity contribution < 1.29 is 19.1 Å². The molecule has 10 heteroatoms. The minimum absolute atomic E-state index is 0.250. The number of amides is 2. The van der Waals surface area contributed by atoms with Crippen LogP contribution in [0.4, 0.5) is 0 Å². The number of hydrogen-bond acceptors (Lipinski definition) is 5. The average Bonchev–Trinajstić information content (AvgIpc) is 2.84. The Hall–Kier alpha value is -3.26. The lowest BCUT2D eigenvalue weighted by atomic mass is 10.2. The van der Waals surface area contributed by atoms with Crippen molar-refractivity contribution >= 4 is 52.8 Å². The van der Waals surface area contributed by atoms with Gasteiger partial charge in [-0.2, -0.15) is 5.10 Å². The molecule has 0 atom stereocenters. The highest BCUT2D eigenvalue weighted by atomic mass is 35.5. The van der Waals surface area contributed by atoms with Gasteiger partial charge in [-0.15, -0.1) is 0 Å². The Morgan fingerprint density at radius 1 is 0.941 bits per heavy atom. The normalized spacial score (nSPS) is 10.7. The molecule has 0 aromatic heterocycles. The SMILES string of the molecule is COc1cc(C=NNC(=O)CNC(=O)c2ccc(Cl)c(Cl)c2)ccc1OCc1ccc(Cl)cc1. The van der Waals surface area contributed by atoms with Gasteiger partial charge in [0.15, 0.2) is 11.5 Å². The van der Waals surface area contributed by atoms with Crippen molar-refractivity contribution in [1.82, 2.24) is 10.7 Å². The number of hydrogen-bond donors (Lipinski definition) is 2. The van der Waals surface area contributed by atoms with E-state index in [1.807, 2.05) is 12.1 Å². The summed E-state index contributed by atoms with van der Waals surface area (Å²) in [5, 5.41) is 7.63. The van der Waals surface area contributed by atoms with Gasteiger partial charge >= 0.3 is 0 Å². The van der Waals surface area contributed by atoms with E-state index in [-0.39, 0.29) is 17.1 Å². The summed E-state index contributed by atoms with van der Waals surface area (Å²) in [7, 11) is 1.53. The van der Waals surface area contributed by atoms with Crippen molar-refractivity contribution in [3.8, 4) is 11.5 Å². The van der Waals surface area contributed by atoms with Crippen molar-refractivity contribution in [2.45, 2.75) is 6.61 Å². The smallest absolute Gasteiger partial charge is 0.259 e. The number of nitrogens with zero attached hydrogens (tertiary/aromatic N) is 1. The number of carbonyl (C=O) groups excluding carboxylic acids is 2. The first kappa shape index (κ1) is 25.4. The number of halogens is 3. The third kappa shape index (κ3) is 7.38. The third-order valence-corrected chi connectivity index (χ3v) is 5.48. The largest absolute Gasteiger partial charge is 0.493 e. The molecule has 2 N–H and O–H groups in total. The van der Waals surface area contributed by atoms with Crippen molar-refractivity contribution in [3.63, 3.8) is 0 Å². The van der Waals surface area contributed by atoms with Crippen LogP contribution >= 0.6 is 34.8 Å². The summed E-state index contributed by atoms with van der Waals surface area (Å²) in [5.74, 6) is 0.109. The van der Waals surface area contributed by atoms with Gasteiger partial charge < -0.3 is 14.8 Å². The molecule has 0 heterocycles. The first-order valence-corrected chi connectivity index (χ1v) is 11.1. The maximum atomic E-state index is 12.1. The fourth-order valence-electron chi connectivity index (χ4n) is 2.74. The molecule has 0 aliphatic carbocycles. The number of methoxy groups -OCH3 is 1. The second-order valence-electron chi connectivity index (χ2n) is 6.93. The molecular weight excluding hydrogens is 501 g/mol. The van der Waals surface area contributed by atoms with E-state index in [0.717, 1.165) is 5.56 Å². The fraction of sp³-hybridized carbons (Fsp3) is 0.125. The van der Waals surface area contributed by atoms with Crippen LogP contribution in [0, 0.1) is 0 Å². The summed E-state index contributed by atoms with van der Waals surface area (Å²) >= 11 is 17.6. The topological polar surface area (TPSA) is 89.0 Å². The van der Waals surface area contributed by atoms with E-state index < -0.39 is 11.8 Å². The van der Waals surface area contributed by atoms with Crippen LogP contribution in [0.3, 0.4) is 0 Å². The van der Waals surface area contributed by atoms with E-state index in [9.17, 15) is 9.59 Å². The molecular formula is C24H20Cl3N3O4. The molecule has 7 nitrogen and oxygen atoms in total. The van der Waals surface area contributed by atoms with Gasteiger partial charge in [-0.25, -0.2) is 5.43 Å². The molecule has 0 radical (unpaired) electrons. The third-order valence-electron chi connectivity index (χ3n) is 4.49. The summed E-state index contributed by atoms with van der Waals surface area (Å²) in [4.78, 5) is 24.1. The molecule has 34 heavy (non-hydrogen) atoms. The van der Waals surface area contributed by atoms with Gasteiger partial charge in [0.1, 0.15) is 6.61 Å². The van der Waals surface area contributed by atoms with Crippen molar-refractivity contribution in [2.75, 3.05) is 13.7 Å². The molecule has 0 unspecified atom stereocenters. The van der Waals surface area contributed by atoms with Gasteiger partial charge in [0.2, 0.25) is 0 Å². The summed E-state index contributed by atoms with van der Waals surface area (Å²) in [6.07, 6.45) is 1.45. The summed E-state index contributed by atoms with van der Waals surface area (Å²) in [6.45, 7) is 0.0855. The second-order valence-corrected chi connectivity index (χ2v) is 8.18. The highest BCUT2D eigenvalue weighted by Crippen LogP contribution is 2.28. The molecule has 0 aliphatic rings. The molecule has 3 rings (SSSR count). The molecule has 2 amide bonds. The predicted octanol–water partition coefficient (Wildman–Crippen LogP) is 5.11. The van der Waals surface area contributed by atoms with Crippen LogP contribution in [0.1, 0.15) is 21.5 Å². The second kappa shape index (κ2) is 12.3. The molecule has 0 saturated heterocycles. The molecule has 0 saturated carbocycles. The zero-order valence-corrected chi connectivity index (χ0v) is 20.2. The molecule has 3 aromatic rings. The van der Waals surface area contributed by atoms with Gasteiger partial charge in [-0.1, -0.05) is 46.9 Å². The van der Waals surface area contributed by atoms with Crippen molar-refractivity contribution in [2.24, 2.45) is 5.10 Å². The summed E-state index contributed by atoms with van der Waals surface area (Å²) in [5.41, 5.74) is 4.28. The zero-order valence-electron chi connectivity index (χ0n) is 18.0. The van der Waals surface area contributed by atoms with Crippen LogP contribution in [-0.4, -0.2) is 31.7 Å². The Labute approximate surface area is 211 Å². The monoisotopic (exact) mass is 519 g/mol. The minimum atomic E-state index is -0.500. The van der Waals surface area contributed by atoms with E-state index in [1.165, 1.54) is 31.5 Å². The number of rotatable bonds is 9. The van der Waals surface area contributed by atoms with Crippen LogP contribution in [-0.2, 0) is 11.4 Å². The quantitative estimate of drug-likeness (QED) is 0.303. The first-order chi connectivity index (χ1) is 16.4. The number of benzene rings is 3. The van der Waals surface area contributed by atoms with Gasteiger partial charge in [-0.3, -0.25) is 9.59 Å². The Bertz CT molecular complexity index is 1200. The van der Waals surface area contributed by atoms with Gasteiger partial charge in [0.05, 0.1) is 29.9 Å². The first-order valence-electron chi connectivity index (χ1n) is 9.96. The maximum Gasteiger partial charge on any atom is 0.259 e. The van der Waals surface area contributed by atoms with E-state index in [1.54, 1.807) is 30.3 Å². The molecule has 0 aliphatic heterocycles. The van der Waals surface area contributed by atoms with E-state index in [0.29, 0.717) is 33.7 Å². The Morgan fingerprint density at radius 2 is 1.71 bits per heavy atom. The van der Waals surface area contributed by atoms with Crippen LogP contribution < -0.4 is 20.2 Å². The molecule has 176 valence electrons. The van der Waals surface area contributed by atoms with Gasteiger partial charge in [-0.05, 0) is 59.7 Å². The number of ether oxygens (including phenoxy) is 2. The molecule has 3 aromatic carbocycles. The fourth-order valence-corrected chi connectivity index (χ4v) is 3.17. The lowest BCUT2D eigenvalue weighted by molar-refractivity contribution is -0.120. The van der Waals surface area contributed by atoms with Crippen LogP contribution in [0.2, 0.25) is 15.1 Å². The lowest BCUT2D eigenvalue weighted by Gasteiger charge is -2.11. The zero-order chi connectivity index (χ0) is 24.5. The summed E-state index contributed by atoms with van der Waals surface area (Å²) < 4.78 is 11.2. The van der Waals surface area contributed by atoms with Gasteiger partial charge in [0.25, 0.3) is 11.8 Å². The highest BCUT2D eigenvalue weighted by Gasteiger charge is 2.10. The van der Waals surface area contributed by atoms with Gasteiger partial charge in [0, 0.05) is 10.6 Å². The maximum absolute atomic E-state index is 12.1. The summed E-state index contributed by atoms with van der Waals surface area (Å²) in [6, 6.07) is 17.0. The average molecular weight is 521 g/mol. The Balaban J connectivity index is 1.50. The van der Waals surface area contributed by atoms with Crippen LogP contribution in [0.25, 0.3) is 0 Å². The van der Waals surface area contributed by atoms with Crippen LogP contribution in [0.15, 0.2) is 65.8 Å². The molecule has 0 bridgehead atoms. The van der Waals surface area contributed by atoms with Crippen LogP contribution in [0.5, 0.6) is 11.5 Å². The molecule has 0 fully saturated rings. The van der Waals surface area contributed by atoms with E-state index in [2.05, 4.69) is 15.8 Å². The van der Waals surface area contributed by atoms with E-state index >= 15 is 0 Å². The van der Waals surface area contributed by atoms with E-state index in [4.69, 9.17) is 44.3 Å². The highest BCUT2D eigenvalue weighted by molar-refractivity contribution is 6.42. The molecule has 0 spiro atoms. The number of nitrogens with one attached hydrogen (secondary N) is 2. The number of hydrazone groups is 1. The van der Waals surface area contributed by atoms with Crippen molar-refractivity contribution in [1.29, 1.82) is 0 Å². The number of carbonyl (C=O) groups is 2. The minimum Gasteiger partial charge on any atom is -0.493 e. The predicted molar refractivity (Wildman–Crippen MR) is 133 cm³/mol. The Morgan fingerprint density at radius 3 is 2.41 bits per heavy atom. The lowest BCUT2D eigenvalue weighted by Crippen LogP contribution is -2.34. The van der Waals surface area contributed by atoms with Crippen molar-refractivity contribution in [3.05, 3.63) is 92.4 Å².